The SMILES string of the molecule is CCN(CC(C)C)CC1CCCNC1. The molecule has 1 rings (SSSR count). The lowest BCUT2D eigenvalue weighted by Gasteiger charge is -2.30. The lowest BCUT2D eigenvalue weighted by molar-refractivity contribution is 0.198. The van der Waals surface area contributed by atoms with Gasteiger partial charge in [-0.25, -0.2) is 0 Å². The summed E-state index contributed by atoms with van der Waals surface area (Å²) in [5.41, 5.74) is 0. The average Bonchev–Trinajstić information content (AvgIpc) is 2.17. The van der Waals surface area contributed by atoms with Crippen LogP contribution in [0.15, 0.2) is 0 Å². The van der Waals surface area contributed by atoms with Crippen LogP contribution in [0.2, 0.25) is 0 Å². The van der Waals surface area contributed by atoms with Crippen LogP contribution in [0, 0.1) is 11.8 Å². The van der Waals surface area contributed by atoms with Crippen molar-refractivity contribution in [3.8, 4) is 0 Å². The first-order valence-corrected chi connectivity index (χ1v) is 6.15. The minimum atomic E-state index is 0.798. The first-order chi connectivity index (χ1) is 6.72. The molecule has 0 aliphatic carbocycles. The Morgan fingerprint density at radius 1 is 1.43 bits per heavy atom. The van der Waals surface area contributed by atoms with Crippen molar-refractivity contribution in [2.24, 2.45) is 11.8 Å². The Morgan fingerprint density at radius 2 is 2.21 bits per heavy atom. The molecule has 1 heterocycles. The van der Waals surface area contributed by atoms with Gasteiger partial charge in [-0.1, -0.05) is 20.8 Å². The van der Waals surface area contributed by atoms with Gasteiger partial charge >= 0.3 is 0 Å². The summed E-state index contributed by atoms with van der Waals surface area (Å²) in [4.78, 5) is 2.60. The molecule has 1 N–H and O–H groups in total. The second-order valence-corrected chi connectivity index (χ2v) is 4.96. The summed E-state index contributed by atoms with van der Waals surface area (Å²) >= 11 is 0. The lowest BCUT2D eigenvalue weighted by Crippen LogP contribution is -2.39. The van der Waals surface area contributed by atoms with Crippen LogP contribution in [0.1, 0.15) is 33.6 Å². The molecule has 1 aliphatic heterocycles. The summed E-state index contributed by atoms with van der Waals surface area (Å²) < 4.78 is 0. The predicted octanol–water partition coefficient (Wildman–Crippen LogP) is 1.96. The monoisotopic (exact) mass is 198 g/mol. The van der Waals surface area contributed by atoms with Crippen LogP contribution < -0.4 is 5.32 Å². The van der Waals surface area contributed by atoms with Gasteiger partial charge in [0.25, 0.3) is 0 Å². The molecule has 0 spiro atoms. The maximum absolute atomic E-state index is 3.49. The van der Waals surface area contributed by atoms with E-state index in [1.54, 1.807) is 0 Å². The summed E-state index contributed by atoms with van der Waals surface area (Å²) in [5.74, 6) is 1.69. The molecule has 0 bridgehead atoms. The van der Waals surface area contributed by atoms with Crippen LogP contribution >= 0.6 is 0 Å². The minimum Gasteiger partial charge on any atom is -0.316 e. The van der Waals surface area contributed by atoms with Crippen LogP contribution in [0.3, 0.4) is 0 Å². The molecular formula is C12H26N2. The Morgan fingerprint density at radius 3 is 2.71 bits per heavy atom. The fourth-order valence-electron chi connectivity index (χ4n) is 2.29. The van der Waals surface area contributed by atoms with Crippen molar-refractivity contribution in [2.45, 2.75) is 33.6 Å². The first kappa shape index (κ1) is 12.0. The molecule has 1 atom stereocenters. The molecule has 0 radical (unpaired) electrons. The smallest absolute Gasteiger partial charge is 0.00218 e. The Hall–Kier alpha value is -0.0800. The second kappa shape index (κ2) is 6.41. The van der Waals surface area contributed by atoms with E-state index in [-0.39, 0.29) is 0 Å². The largest absolute Gasteiger partial charge is 0.316 e. The summed E-state index contributed by atoms with van der Waals surface area (Å²) in [6.07, 6.45) is 2.78. The third-order valence-electron chi connectivity index (χ3n) is 2.99. The van der Waals surface area contributed by atoms with Crippen LogP contribution in [0.5, 0.6) is 0 Å². The highest BCUT2D eigenvalue weighted by Gasteiger charge is 2.16. The van der Waals surface area contributed by atoms with E-state index in [1.165, 1.54) is 45.6 Å². The van der Waals surface area contributed by atoms with Crippen molar-refractivity contribution < 1.29 is 0 Å². The summed E-state index contributed by atoms with van der Waals surface area (Å²) in [6, 6.07) is 0. The van der Waals surface area contributed by atoms with Gasteiger partial charge in [-0.3, -0.25) is 0 Å². The Bertz CT molecular complexity index is 139. The average molecular weight is 198 g/mol. The van der Waals surface area contributed by atoms with Gasteiger partial charge in [0, 0.05) is 13.1 Å². The normalized spacial score (nSPS) is 23.4. The van der Waals surface area contributed by atoms with E-state index in [9.17, 15) is 0 Å². The molecule has 0 aromatic rings. The van der Waals surface area contributed by atoms with Crippen LogP contribution in [-0.2, 0) is 0 Å². The Kier molecular flexibility index (Phi) is 5.49. The van der Waals surface area contributed by atoms with E-state index in [1.807, 2.05) is 0 Å². The number of rotatable bonds is 5. The molecule has 0 saturated carbocycles. The molecule has 14 heavy (non-hydrogen) atoms. The lowest BCUT2D eigenvalue weighted by atomic mass is 9.98. The maximum atomic E-state index is 3.49. The Labute approximate surface area is 89.1 Å². The molecule has 0 aromatic heterocycles. The molecule has 2 nitrogen and oxygen atoms in total. The zero-order valence-corrected chi connectivity index (χ0v) is 10.1. The van der Waals surface area contributed by atoms with Crippen molar-refractivity contribution in [3.05, 3.63) is 0 Å². The third kappa shape index (κ3) is 4.43. The molecule has 0 aromatic carbocycles. The molecule has 0 amide bonds. The molecule has 2 heteroatoms. The number of hydrogen-bond donors (Lipinski definition) is 1. The van der Waals surface area contributed by atoms with Crippen LogP contribution in [-0.4, -0.2) is 37.6 Å². The number of piperidine rings is 1. The van der Waals surface area contributed by atoms with Crippen molar-refractivity contribution in [2.75, 3.05) is 32.7 Å². The van der Waals surface area contributed by atoms with E-state index in [0.29, 0.717) is 0 Å². The second-order valence-electron chi connectivity index (χ2n) is 4.96. The van der Waals surface area contributed by atoms with Gasteiger partial charge in [0.1, 0.15) is 0 Å². The fourth-order valence-corrected chi connectivity index (χ4v) is 2.29. The molecule has 1 fully saturated rings. The highest BCUT2D eigenvalue weighted by molar-refractivity contribution is 4.73. The van der Waals surface area contributed by atoms with Crippen molar-refractivity contribution >= 4 is 0 Å². The predicted molar refractivity (Wildman–Crippen MR) is 62.5 cm³/mol. The number of nitrogens with zero attached hydrogens (tertiary/aromatic N) is 1. The molecule has 1 aliphatic rings. The zero-order valence-electron chi connectivity index (χ0n) is 10.1. The number of nitrogens with one attached hydrogen (secondary N) is 1. The van der Waals surface area contributed by atoms with E-state index in [4.69, 9.17) is 0 Å². The van der Waals surface area contributed by atoms with E-state index < -0.39 is 0 Å². The van der Waals surface area contributed by atoms with Gasteiger partial charge in [0.05, 0.1) is 0 Å². The van der Waals surface area contributed by atoms with Crippen molar-refractivity contribution in [1.29, 1.82) is 0 Å². The topological polar surface area (TPSA) is 15.3 Å². The van der Waals surface area contributed by atoms with Gasteiger partial charge in [-0.2, -0.15) is 0 Å². The quantitative estimate of drug-likeness (QED) is 0.726. The summed E-state index contributed by atoms with van der Waals surface area (Å²) in [6.45, 7) is 13.1. The van der Waals surface area contributed by atoms with E-state index >= 15 is 0 Å². The summed E-state index contributed by atoms with van der Waals surface area (Å²) in [7, 11) is 0. The zero-order chi connectivity index (χ0) is 10.4. The molecule has 1 unspecified atom stereocenters. The van der Waals surface area contributed by atoms with Gasteiger partial charge < -0.3 is 10.2 Å². The van der Waals surface area contributed by atoms with E-state index in [2.05, 4.69) is 31.0 Å². The third-order valence-corrected chi connectivity index (χ3v) is 2.99. The first-order valence-electron chi connectivity index (χ1n) is 6.15. The number of hydrogen-bond acceptors (Lipinski definition) is 2. The Balaban J connectivity index is 2.23. The maximum Gasteiger partial charge on any atom is 0.00218 e. The molecule has 84 valence electrons. The van der Waals surface area contributed by atoms with Gasteiger partial charge in [0.15, 0.2) is 0 Å². The van der Waals surface area contributed by atoms with Crippen LogP contribution in [0.25, 0.3) is 0 Å². The fraction of sp³-hybridized carbons (Fsp3) is 1.00. The standard InChI is InChI=1S/C12H26N2/c1-4-14(9-11(2)3)10-12-6-5-7-13-8-12/h11-13H,4-10H2,1-3H3. The highest BCUT2D eigenvalue weighted by Crippen LogP contribution is 2.12. The van der Waals surface area contributed by atoms with Crippen molar-refractivity contribution in [3.63, 3.8) is 0 Å². The van der Waals surface area contributed by atoms with E-state index in [0.717, 1.165) is 11.8 Å². The van der Waals surface area contributed by atoms with Gasteiger partial charge in [0.2, 0.25) is 0 Å². The van der Waals surface area contributed by atoms with Gasteiger partial charge in [-0.05, 0) is 44.3 Å². The van der Waals surface area contributed by atoms with Crippen molar-refractivity contribution in [1.82, 2.24) is 10.2 Å². The highest BCUT2D eigenvalue weighted by atomic mass is 15.1. The van der Waals surface area contributed by atoms with Gasteiger partial charge in [-0.15, -0.1) is 0 Å². The van der Waals surface area contributed by atoms with Crippen LogP contribution in [0.4, 0.5) is 0 Å². The minimum absolute atomic E-state index is 0.798. The summed E-state index contributed by atoms with van der Waals surface area (Å²) in [5, 5.41) is 3.49. The molecule has 1 saturated heterocycles. The molecular weight excluding hydrogens is 172 g/mol.